The van der Waals surface area contributed by atoms with Gasteiger partial charge >= 0.3 is 0 Å². The monoisotopic (exact) mass is 312 g/mol. The van der Waals surface area contributed by atoms with E-state index in [1.807, 2.05) is 14.1 Å². The summed E-state index contributed by atoms with van der Waals surface area (Å²) in [4.78, 5) is 13.9. The predicted octanol–water partition coefficient (Wildman–Crippen LogP) is 2.91. The van der Waals surface area contributed by atoms with Crippen molar-refractivity contribution >= 4 is 17.7 Å². The van der Waals surface area contributed by atoms with Gasteiger partial charge in [-0.3, -0.25) is 4.79 Å². The van der Waals surface area contributed by atoms with Crippen molar-refractivity contribution in [2.75, 3.05) is 26.4 Å². The highest BCUT2D eigenvalue weighted by molar-refractivity contribution is 7.98. The zero-order valence-corrected chi connectivity index (χ0v) is 14.1. The molecular weight excluding hydrogens is 287 g/mol. The number of hydrogen-bond donors (Lipinski definition) is 1. The van der Waals surface area contributed by atoms with Crippen LogP contribution in [-0.4, -0.2) is 42.7 Å². The van der Waals surface area contributed by atoms with E-state index in [0.717, 1.165) is 17.1 Å². The Kier molecular flexibility index (Phi) is 7.18. The van der Waals surface area contributed by atoms with Crippen LogP contribution in [0.25, 0.3) is 0 Å². The van der Waals surface area contributed by atoms with E-state index in [9.17, 15) is 9.18 Å². The summed E-state index contributed by atoms with van der Waals surface area (Å²) in [5.74, 6) is 1.44. The van der Waals surface area contributed by atoms with Crippen LogP contribution in [0.5, 0.6) is 0 Å². The van der Waals surface area contributed by atoms with Crippen LogP contribution in [0, 0.1) is 5.82 Å². The van der Waals surface area contributed by atoms with E-state index in [4.69, 9.17) is 0 Å². The molecule has 1 aromatic rings. The summed E-state index contributed by atoms with van der Waals surface area (Å²) >= 11 is 1.69. The molecule has 0 radical (unpaired) electrons. The van der Waals surface area contributed by atoms with Crippen LogP contribution in [-0.2, 0) is 10.5 Å². The van der Waals surface area contributed by atoms with Crippen molar-refractivity contribution in [2.24, 2.45) is 0 Å². The second kappa shape index (κ2) is 8.39. The Labute approximate surface area is 131 Å². The van der Waals surface area contributed by atoms with E-state index in [-0.39, 0.29) is 17.3 Å². The molecule has 1 N–H and O–H groups in total. The molecule has 21 heavy (non-hydrogen) atoms. The highest BCUT2D eigenvalue weighted by Gasteiger charge is 2.20. The molecule has 0 saturated heterocycles. The molecule has 1 amide bonds. The number of thioether (sulfide) groups is 1. The van der Waals surface area contributed by atoms with Crippen molar-refractivity contribution in [2.45, 2.75) is 31.6 Å². The van der Waals surface area contributed by atoms with Gasteiger partial charge in [-0.1, -0.05) is 12.1 Å². The fourth-order valence-electron chi connectivity index (χ4n) is 1.50. The molecule has 1 aromatic carbocycles. The minimum Gasteiger partial charge on any atom is -0.354 e. The number of amides is 1. The Balaban J connectivity index is 2.18. The van der Waals surface area contributed by atoms with Crippen LogP contribution in [0.15, 0.2) is 24.3 Å². The van der Waals surface area contributed by atoms with Gasteiger partial charge in [0.15, 0.2) is 0 Å². The lowest BCUT2D eigenvalue weighted by atomic mass is 10.0. The molecule has 0 fully saturated rings. The van der Waals surface area contributed by atoms with E-state index in [2.05, 4.69) is 24.1 Å². The molecule has 0 aliphatic carbocycles. The fourth-order valence-corrected chi connectivity index (χ4v) is 2.40. The standard InChI is InChI=1S/C16H25FN2OS/c1-16(2,19(3)4)12-18-15(20)9-10-21-11-13-5-7-14(17)8-6-13/h5-8H,9-12H2,1-4H3,(H,18,20). The molecule has 0 bridgehead atoms. The summed E-state index contributed by atoms with van der Waals surface area (Å²) in [6.07, 6.45) is 0.509. The third-order valence-corrected chi connectivity index (χ3v) is 4.61. The van der Waals surface area contributed by atoms with Crippen LogP contribution in [0.4, 0.5) is 4.39 Å². The van der Waals surface area contributed by atoms with Gasteiger partial charge in [0.2, 0.25) is 5.91 Å². The maximum atomic E-state index is 12.8. The van der Waals surface area contributed by atoms with Crippen LogP contribution in [0.2, 0.25) is 0 Å². The van der Waals surface area contributed by atoms with Gasteiger partial charge in [-0.2, -0.15) is 11.8 Å². The maximum Gasteiger partial charge on any atom is 0.220 e. The Bertz CT molecular complexity index is 446. The molecule has 0 aliphatic rings. The van der Waals surface area contributed by atoms with Crippen molar-refractivity contribution < 1.29 is 9.18 Å². The molecular formula is C16H25FN2OS. The second-order valence-corrected chi connectivity index (χ2v) is 7.02. The Morgan fingerprint density at radius 2 is 1.90 bits per heavy atom. The van der Waals surface area contributed by atoms with Gasteiger partial charge < -0.3 is 10.2 Å². The van der Waals surface area contributed by atoms with Crippen LogP contribution >= 0.6 is 11.8 Å². The number of carbonyl (C=O) groups excluding carboxylic acids is 1. The minimum atomic E-state index is -0.216. The van der Waals surface area contributed by atoms with E-state index in [0.29, 0.717) is 13.0 Å². The summed E-state index contributed by atoms with van der Waals surface area (Å²) in [7, 11) is 4.01. The topological polar surface area (TPSA) is 32.3 Å². The number of nitrogens with zero attached hydrogens (tertiary/aromatic N) is 1. The summed E-state index contributed by atoms with van der Waals surface area (Å²) in [5, 5.41) is 2.97. The highest BCUT2D eigenvalue weighted by atomic mass is 32.2. The lowest BCUT2D eigenvalue weighted by Crippen LogP contribution is -2.48. The Hall–Kier alpha value is -1.07. The zero-order valence-electron chi connectivity index (χ0n) is 13.3. The summed E-state index contributed by atoms with van der Waals surface area (Å²) in [5.41, 5.74) is 1.03. The van der Waals surface area contributed by atoms with Crippen LogP contribution in [0.3, 0.4) is 0 Å². The molecule has 5 heteroatoms. The summed E-state index contributed by atoms with van der Waals surface area (Å²) in [6, 6.07) is 6.49. The maximum absolute atomic E-state index is 12.8. The van der Waals surface area contributed by atoms with Crippen LogP contribution < -0.4 is 5.32 Å². The lowest BCUT2D eigenvalue weighted by Gasteiger charge is -2.32. The molecule has 3 nitrogen and oxygen atoms in total. The van der Waals surface area contributed by atoms with Gasteiger partial charge in [-0.05, 0) is 45.6 Å². The molecule has 1 rings (SSSR count). The van der Waals surface area contributed by atoms with Crippen molar-refractivity contribution in [1.29, 1.82) is 0 Å². The average molecular weight is 312 g/mol. The van der Waals surface area contributed by atoms with Crippen molar-refractivity contribution in [3.8, 4) is 0 Å². The SMILES string of the molecule is CN(C)C(C)(C)CNC(=O)CCSCc1ccc(F)cc1. The fraction of sp³-hybridized carbons (Fsp3) is 0.562. The van der Waals surface area contributed by atoms with Gasteiger partial charge in [0.05, 0.1) is 0 Å². The van der Waals surface area contributed by atoms with Crippen molar-refractivity contribution in [3.05, 3.63) is 35.6 Å². The Morgan fingerprint density at radius 1 is 1.29 bits per heavy atom. The van der Waals surface area contributed by atoms with E-state index < -0.39 is 0 Å². The van der Waals surface area contributed by atoms with Gasteiger partial charge in [-0.15, -0.1) is 0 Å². The van der Waals surface area contributed by atoms with Gasteiger partial charge in [-0.25, -0.2) is 4.39 Å². The Morgan fingerprint density at radius 3 is 2.48 bits per heavy atom. The first-order valence-electron chi connectivity index (χ1n) is 7.07. The first kappa shape index (κ1) is 18.0. The molecule has 0 spiro atoms. The van der Waals surface area contributed by atoms with Gasteiger partial charge in [0, 0.05) is 30.0 Å². The number of halogens is 1. The van der Waals surface area contributed by atoms with E-state index in [1.54, 1.807) is 23.9 Å². The molecule has 118 valence electrons. The van der Waals surface area contributed by atoms with Gasteiger partial charge in [0.25, 0.3) is 0 Å². The first-order valence-corrected chi connectivity index (χ1v) is 8.23. The van der Waals surface area contributed by atoms with Crippen molar-refractivity contribution in [1.82, 2.24) is 10.2 Å². The molecule has 0 aliphatic heterocycles. The molecule has 0 saturated carbocycles. The predicted molar refractivity (Wildman–Crippen MR) is 88.0 cm³/mol. The molecule has 0 heterocycles. The minimum absolute atomic E-state index is 0.0447. The van der Waals surface area contributed by atoms with Crippen LogP contribution in [0.1, 0.15) is 25.8 Å². The first-order chi connectivity index (χ1) is 9.81. The third kappa shape index (κ3) is 6.96. The normalized spacial score (nSPS) is 11.7. The molecule has 0 unspecified atom stereocenters. The number of nitrogens with one attached hydrogen (secondary N) is 1. The van der Waals surface area contributed by atoms with E-state index in [1.165, 1.54) is 12.1 Å². The highest BCUT2D eigenvalue weighted by Crippen LogP contribution is 2.14. The lowest BCUT2D eigenvalue weighted by molar-refractivity contribution is -0.121. The number of rotatable bonds is 8. The largest absolute Gasteiger partial charge is 0.354 e. The van der Waals surface area contributed by atoms with E-state index >= 15 is 0 Å². The average Bonchev–Trinajstić information content (AvgIpc) is 2.43. The van der Waals surface area contributed by atoms with Gasteiger partial charge in [0.1, 0.15) is 5.82 Å². The smallest absolute Gasteiger partial charge is 0.220 e. The third-order valence-electron chi connectivity index (χ3n) is 3.58. The number of carbonyl (C=O) groups is 1. The molecule has 0 aromatic heterocycles. The quantitative estimate of drug-likeness (QED) is 0.749. The molecule has 0 atom stereocenters. The number of benzene rings is 1. The second-order valence-electron chi connectivity index (χ2n) is 5.91. The summed E-state index contributed by atoms with van der Waals surface area (Å²) < 4.78 is 12.8. The van der Waals surface area contributed by atoms with Crippen molar-refractivity contribution in [3.63, 3.8) is 0 Å². The number of hydrogen-bond acceptors (Lipinski definition) is 3. The summed E-state index contributed by atoms with van der Waals surface area (Å²) in [6.45, 7) is 4.83. The zero-order chi connectivity index (χ0) is 15.9. The number of likely N-dealkylation sites (N-methyl/N-ethyl adjacent to an activating group) is 1.